The van der Waals surface area contributed by atoms with Crippen molar-refractivity contribution in [1.29, 1.82) is 0 Å². The van der Waals surface area contributed by atoms with Crippen LogP contribution in [0.15, 0.2) is 24.3 Å². The first-order valence-corrected chi connectivity index (χ1v) is 8.31. The van der Waals surface area contributed by atoms with Gasteiger partial charge in [0.25, 0.3) is 0 Å². The standard InChI is InChI=1S/C18H26N2O2/c1-14-7-11-20(12-8-14)17(21)19-13-18(9-10-18)15-5-3-4-6-16(15)22-2/h3-6,14H,7-13H2,1-2H3,(H,19,21). The van der Waals surface area contributed by atoms with Gasteiger partial charge < -0.3 is 15.0 Å². The molecule has 120 valence electrons. The molecular formula is C18H26N2O2. The topological polar surface area (TPSA) is 41.6 Å². The zero-order valence-corrected chi connectivity index (χ0v) is 13.6. The molecule has 1 aliphatic carbocycles. The summed E-state index contributed by atoms with van der Waals surface area (Å²) in [6, 6.07) is 8.26. The van der Waals surface area contributed by atoms with Crippen LogP contribution >= 0.6 is 0 Å². The number of likely N-dealkylation sites (tertiary alicyclic amines) is 1. The van der Waals surface area contributed by atoms with Gasteiger partial charge in [-0.1, -0.05) is 25.1 Å². The Morgan fingerprint density at radius 1 is 1.32 bits per heavy atom. The molecule has 2 aliphatic rings. The van der Waals surface area contributed by atoms with Gasteiger partial charge in [0.1, 0.15) is 5.75 Å². The molecule has 1 saturated carbocycles. The molecule has 0 radical (unpaired) electrons. The second-order valence-electron chi connectivity index (χ2n) is 6.81. The van der Waals surface area contributed by atoms with Crippen molar-refractivity contribution < 1.29 is 9.53 Å². The number of methoxy groups -OCH3 is 1. The maximum Gasteiger partial charge on any atom is 0.317 e. The SMILES string of the molecule is COc1ccccc1C1(CNC(=O)N2CCC(C)CC2)CC1. The molecule has 1 heterocycles. The number of ether oxygens (including phenoxy) is 1. The van der Waals surface area contributed by atoms with E-state index in [1.807, 2.05) is 23.1 Å². The number of nitrogens with one attached hydrogen (secondary N) is 1. The minimum atomic E-state index is 0.0747. The summed E-state index contributed by atoms with van der Waals surface area (Å²) in [6.45, 7) is 4.73. The van der Waals surface area contributed by atoms with Crippen molar-refractivity contribution >= 4 is 6.03 Å². The van der Waals surface area contributed by atoms with Gasteiger partial charge in [0.2, 0.25) is 0 Å². The van der Waals surface area contributed by atoms with Crippen molar-refractivity contribution in [3.8, 4) is 5.75 Å². The van der Waals surface area contributed by atoms with Gasteiger partial charge in [-0.15, -0.1) is 0 Å². The van der Waals surface area contributed by atoms with E-state index in [2.05, 4.69) is 18.3 Å². The van der Waals surface area contributed by atoms with Crippen LogP contribution in [0.25, 0.3) is 0 Å². The number of rotatable bonds is 4. The van der Waals surface area contributed by atoms with Gasteiger partial charge in [0.15, 0.2) is 0 Å². The molecule has 3 rings (SSSR count). The normalized spacial score (nSPS) is 20.5. The predicted octanol–water partition coefficient (Wildman–Crippen LogP) is 3.17. The number of hydrogen-bond donors (Lipinski definition) is 1. The molecular weight excluding hydrogens is 276 g/mol. The van der Waals surface area contributed by atoms with Gasteiger partial charge in [-0.2, -0.15) is 0 Å². The number of carbonyl (C=O) groups is 1. The van der Waals surface area contributed by atoms with E-state index in [1.165, 1.54) is 5.56 Å². The number of piperidine rings is 1. The van der Waals surface area contributed by atoms with Crippen molar-refractivity contribution in [2.45, 2.75) is 38.0 Å². The molecule has 0 unspecified atom stereocenters. The van der Waals surface area contributed by atoms with Gasteiger partial charge in [0, 0.05) is 30.6 Å². The summed E-state index contributed by atoms with van der Waals surface area (Å²) in [7, 11) is 1.71. The van der Waals surface area contributed by atoms with E-state index in [0.29, 0.717) is 6.54 Å². The highest BCUT2D eigenvalue weighted by Crippen LogP contribution is 2.50. The Morgan fingerprint density at radius 3 is 2.64 bits per heavy atom. The summed E-state index contributed by atoms with van der Waals surface area (Å²) in [5.41, 5.74) is 1.30. The van der Waals surface area contributed by atoms with Gasteiger partial charge in [-0.25, -0.2) is 4.79 Å². The Kier molecular flexibility index (Phi) is 4.27. The molecule has 1 N–H and O–H groups in total. The lowest BCUT2D eigenvalue weighted by atomic mass is 9.95. The number of carbonyl (C=O) groups excluding carboxylic acids is 1. The maximum absolute atomic E-state index is 12.3. The Morgan fingerprint density at radius 2 is 2.00 bits per heavy atom. The van der Waals surface area contributed by atoms with Crippen molar-refractivity contribution in [3.63, 3.8) is 0 Å². The van der Waals surface area contributed by atoms with Crippen molar-refractivity contribution in [3.05, 3.63) is 29.8 Å². The van der Waals surface area contributed by atoms with Crippen LogP contribution in [0.4, 0.5) is 4.79 Å². The Hall–Kier alpha value is -1.71. The lowest BCUT2D eigenvalue weighted by Gasteiger charge is -2.31. The molecule has 0 aromatic heterocycles. The third-order valence-electron chi connectivity index (χ3n) is 5.18. The Balaban J connectivity index is 1.60. The van der Waals surface area contributed by atoms with Crippen LogP contribution < -0.4 is 10.1 Å². The van der Waals surface area contributed by atoms with Crippen LogP contribution in [0.5, 0.6) is 5.75 Å². The lowest BCUT2D eigenvalue weighted by Crippen LogP contribution is -2.46. The Labute approximate surface area is 132 Å². The first-order valence-electron chi connectivity index (χ1n) is 8.31. The summed E-state index contributed by atoms with van der Waals surface area (Å²) < 4.78 is 5.48. The summed E-state index contributed by atoms with van der Waals surface area (Å²) in [5.74, 6) is 1.67. The maximum atomic E-state index is 12.3. The number of benzene rings is 1. The van der Waals surface area contributed by atoms with E-state index in [4.69, 9.17) is 4.74 Å². The fourth-order valence-corrected chi connectivity index (χ4v) is 3.34. The summed E-state index contributed by atoms with van der Waals surface area (Å²) in [4.78, 5) is 14.3. The third-order valence-corrected chi connectivity index (χ3v) is 5.18. The lowest BCUT2D eigenvalue weighted by molar-refractivity contribution is 0.173. The molecule has 4 heteroatoms. The highest BCUT2D eigenvalue weighted by molar-refractivity contribution is 5.74. The van der Waals surface area contributed by atoms with Crippen molar-refractivity contribution in [1.82, 2.24) is 10.2 Å². The molecule has 1 aromatic carbocycles. The second kappa shape index (κ2) is 6.19. The second-order valence-corrected chi connectivity index (χ2v) is 6.81. The highest BCUT2D eigenvalue weighted by Gasteiger charge is 2.46. The fraction of sp³-hybridized carbons (Fsp3) is 0.611. The van der Waals surface area contributed by atoms with Crippen LogP contribution in [-0.4, -0.2) is 37.7 Å². The van der Waals surface area contributed by atoms with Crippen LogP contribution in [0.2, 0.25) is 0 Å². The van der Waals surface area contributed by atoms with E-state index in [-0.39, 0.29) is 11.4 Å². The van der Waals surface area contributed by atoms with Crippen LogP contribution in [0.1, 0.15) is 38.2 Å². The van der Waals surface area contributed by atoms with Gasteiger partial charge in [-0.3, -0.25) is 0 Å². The molecule has 0 bridgehead atoms. The number of amides is 2. The molecule has 4 nitrogen and oxygen atoms in total. The smallest absolute Gasteiger partial charge is 0.317 e. The average molecular weight is 302 g/mol. The molecule has 2 fully saturated rings. The first-order chi connectivity index (χ1) is 10.6. The molecule has 0 spiro atoms. The Bertz CT molecular complexity index is 532. The summed E-state index contributed by atoms with van der Waals surface area (Å²) in [5, 5.41) is 3.15. The van der Waals surface area contributed by atoms with Crippen LogP contribution in [0, 0.1) is 5.92 Å². The molecule has 22 heavy (non-hydrogen) atoms. The molecule has 1 aliphatic heterocycles. The molecule has 0 atom stereocenters. The summed E-state index contributed by atoms with van der Waals surface area (Å²) >= 11 is 0. The number of para-hydroxylation sites is 1. The minimum Gasteiger partial charge on any atom is -0.496 e. The minimum absolute atomic E-state index is 0.0747. The number of nitrogens with zero attached hydrogens (tertiary/aromatic N) is 1. The van der Waals surface area contributed by atoms with E-state index >= 15 is 0 Å². The highest BCUT2D eigenvalue weighted by atomic mass is 16.5. The fourth-order valence-electron chi connectivity index (χ4n) is 3.34. The summed E-state index contributed by atoms with van der Waals surface area (Å²) in [6.07, 6.45) is 4.46. The van der Waals surface area contributed by atoms with Crippen molar-refractivity contribution in [2.24, 2.45) is 5.92 Å². The molecule has 1 saturated heterocycles. The van der Waals surface area contributed by atoms with Crippen molar-refractivity contribution in [2.75, 3.05) is 26.7 Å². The van der Waals surface area contributed by atoms with Gasteiger partial charge in [0.05, 0.1) is 7.11 Å². The van der Waals surface area contributed by atoms with Crippen LogP contribution in [-0.2, 0) is 5.41 Å². The third kappa shape index (κ3) is 3.06. The van der Waals surface area contributed by atoms with E-state index in [0.717, 1.165) is 50.4 Å². The van der Waals surface area contributed by atoms with E-state index in [9.17, 15) is 4.79 Å². The zero-order valence-electron chi connectivity index (χ0n) is 13.6. The molecule has 1 aromatic rings. The van der Waals surface area contributed by atoms with Gasteiger partial charge in [-0.05, 0) is 37.7 Å². The molecule has 2 amide bonds. The monoisotopic (exact) mass is 302 g/mol. The zero-order chi connectivity index (χ0) is 15.6. The van der Waals surface area contributed by atoms with Crippen LogP contribution in [0.3, 0.4) is 0 Å². The quantitative estimate of drug-likeness (QED) is 0.928. The number of urea groups is 1. The largest absolute Gasteiger partial charge is 0.496 e. The van der Waals surface area contributed by atoms with E-state index < -0.39 is 0 Å². The van der Waals surface area contributed by atoms with E-state index in [1.54, 1.807) is 7.11 Å². The van der Waals surface area contributed by atoms with Gasteiger partial charge >= 0.3 is 6.03 Å². The number of hydrogen-bond acceptors (Lipinski definition) is 2. The predicted molar refractivity (Wildman–Crippen MR) is 87.3 cm³/mol. The first kappa shape index (κ1) is 15.2. The average Bonchev–Trinajstić information content (AvgIpc) is 3.34.